The minimum Gasteiger partial charge on any atom is -0.484 e. The summed E-state index contributed by atoms with van der Waals surface area (Å²) in [5, 5.41) is 3.09. The van der Waals surface area contributed by atoms with E-state index in [0.29, 0.717) is 31.1 Å². The van der Waals surface area contributed by atoms with Crippen LogP contribution in [0.15, 0.2) is 48.5 Å². The van der Waals surface area contributed by atoms with Gasteiger partial charge in [0.2, 0.25) is 0 Å². The van der Waals surface area contributed by atoms with Crippen molar-refractivity contribution in [2.24, 2.45) is 5.73 Å². The molecule has 0 unspecified atom stereocenters. The minimum atomic E-state index is -0.561. The number of primary amides is 1. The number of aryl methyl sites for hydroxylation is 1. The number of nitrogens with one attached hydrogen (secondary N) is 1. The average molecular weight is 382 g/mol. The lowest BCUT2D eigenvalue weighted by atomic mass is 9.72. The maximum absolute atomic E-state index is 12.7. The van der Waals surface area contributed by atoms with Gasteiger partial charge in [-0.2, -0.15) is 0 Å². The topological polar surface area (TPSA) is 90.6 Å². The zero-order valence-electron chi connectivity index (χ0n) is 16.1. The Morgan fingerprint density at radius 2 is 1.89 bits per heavy atom. The van der Waals surface area contributed by atoms with E-state index in [4.69, 9.17) is 15.2 Å². The SMILES string of the molecule is Cc1ccccc1C1(CNC(=O)c2cccc(OCC(N)=O)c2)CCOCC1. The van der Waals surface area contributed by atoms with E-state index < -0.39 is 5.91 Å². The van der Waals surface area contributed by atoms with Gasteiger partial charge in [-0.05, 0) is 49.1 Å². The van der Waals surface area contributed by atoms with Crippen molar-refractivity contribution in [1.29, 1.82) is 0 Å². The van der Waals surface area contributed by atoms with Gasteiger partial charge < -0.3 is 20.5 Å². The van der Waals surface area contributed by atoms with Gasteiger partial charge >= 0.3 is 0 Å². The molecule has 3 rings (SSSR count). The molecule has 2 amide bonds. The molecule has 1 heterocycles. The van der Waals surface area contributed by atoms with E-state index in [9.17, 15) is 9.59 Å². The maximum Gasteiger partial charge on any atom is 0.255 e. The van der Waals surface area contributed by atoms with Crippen molar-refractivity contribution in [1.82, 2.24) is 5.32 Å². The second-order valence-electron chi connectivity index (χ2n) is 7.17. The number of benzene rings is 2. The molecular formula is C22H26N2O4. The fourth-order valence-corrected chi connectivity index (χ4v) is 3.70. The van der Waals surface area contributed by atoms with Gasteiger partial charge in [0.25, 0.3) is 11.8 Å². The van der Waals surface area contributed by atoms with Crippen LogP contribution in [-0.2, 0) is 14.9 Å². The fraction of sp³-hybridized carbons (Fsp3) is 0.364. The number of amides is 2. The Hall–Kier alpha value is -2.86. The third kappa shape index (κ3) is 4.70. The molecule has 148 valence electrons. The van der Waals surface area contributed by atoms with Gasteiger partial charge in [0.1, 0.15) is 5.75 Å². The Morgan fingerprint density at radius 3 is 2.61 bits per heavy atom. The van der Waals surface area contributed by atoms with Gasteiger partial charge in [0.05, 0.1) is 0 Å². The highest BCUT2D eigenvalue weighted by Crippen LogP contribution is 2.36. The van der Waals surface area contributed by atoms with Crippen LogP contribution in [0.3, 0.4) is 0 Å². The molecule has 3 N–H and O–H groups in total. The monoisotopic (exact) mass is 382 g/mol. The molecule has 0 spiro atoms. The van der Waals surface area contributed by atoms with Crippen LogP contribution >= 0.6 is 0 Å². The normalized spacial score (nSPS) is 15.6. The molecule has 0 aliphatic carbocycles. The number of hydrogen-bond acceptors (Lipinski definition) is 4. The average Bonchev–Trinajstić information content (AvgIpc) is 2.72. The molecule has 1 saturated heterocycles. The molecule has 0 atom stereocenters. The summed E-state index contributed by atoms with van der Waals surface area (Å²) in [6.07, 6.45) is 1.72. The van der Waals surface area contributed by atoms with Crippen molar-refractivity contribution in [2.75, 3.05) is 26.4 Å². The van der Waals surface area contributed by atoms with Crippen LogP contribution in [-0.4, -0.2) is 38.2 Å². The van der Waals surface area contributed by atoms with Gasteiger partial charge in [-0.25, -0.2) is 0 Å². The first-order valence-corrected chi connectivity index (χ1v) is 9.43. The summed E-state index contributed by atoms with van der Waals surface area (Å²) < 4.78 is 10.9. The van der Waals surface area contributed by atoms with Crippen molar-refractivity contribution in [2.45, 2.75) is 25.2 Å². The number of carbonyl (C=O) groups excluding carboxylic acids is 2. The molecular weight excluding hydrogens is 356 g/mol. The van der Waals surface area contributed by atoms with Gasteiger partial charge in [-0.1, -0.05) is 30.3 Å². The summed E-state index contributed by atoms with van der Waals surface area (Å²) in [6.45, 7) is 3.78. The van der Waals surface area contributed by atoms with Crippen molar-refractivity contribution >= 4 is 11.8 Å². The summed E-state index contributed by atoms with van der Waals surface area (Å²) in [5.41, 5.74) is 7.92. The summed E-state index contributed by atoms with van der Waals surface area (Å²) in [4.78, 5) is 23.6. The first-order chi connectivity index (χ1) is 13.5. The summed E-state index contributed by atoms with van der Waals surface area (Å²) in [6, 6.07) is 15.1. The molecule has 6 nitrogen and oxygen atoms in total. The van der Waals surface area contributed by atoms with Crippen LogP contribution in [0.1, 0.15) is 34.3 Å². The highest BCUT2D eigenvalue weighted by molar-refractivity contribution is 5.94. The second kappa shape index (κ2) is 8.89. The third-order valence-electron chi connectivity index (χ3n) is 5.23. The molecule has 1 aliphatic heterocycles. The second-order valence-corrected chi connectivity index (χ2v) is 7.17. The number of hydrogen-bond donors (Lipinski definition) is 2. The molecule has 28 heavy (non-hydrogen) atoms. The Kier molecular flexibility index (Phi) is 6.31. The first-order valence-electron chi connectivity index (χ1n) is 9.43. The summed E-state index contributed by atoms with van der Waals surface area (Å²) in [7, 11) is 0. The zero-order valence-corrected chi connectivity index (χ0v) is 16.1. The molecule has 0 bridgehead atoms. The number of carbonyl (C=O) groups is 2. The maximum atomic E-state index is 12.7. The largest absolute Gasteiger partial charge is 0.484 e. The molecule has 6 heteroatoms. The van der Waals surface area contributed by atoms with Crippen LogP contribution in [0.4, 0.5) is 0 Å². The lowest BCUT2D eigenvalue weighted by Gasteiger charge is -2.39. The quantitative estimate of drug-likeness (QED) is 0.769. The van der Waals surface area contributed by atoms with Crippen LogP contribution in [0, 0.1) is 6.92 Å². The molecule has 1 aliphatic rings. The molecule has 2 aromatic rings. The van der Waals surface area contributed by atoms with Crippen molar-refractivity contribution in [3.05, 3.63) is 65.2 Å². The molecule has 0 aromatic heterocycles. The Morgan fingerprint density at radius 1 is 1.14 bits per heavy atom. The summed E-state index contributed by atoms with van der Waals surface area (Å²) in [5.74, 6) is -0.301. The molecule has 0 radical (unpaired) electrons. The van der Waals surface area contributed by atoms with E-state index >= 15 is 0 Å². The fourth-order valence-electron chi connectivity index (χ4n) is 3.70. The van der Waals surface area contributed by atoms with Gasteiger partial charge in [0.15, 0.2) is 6.61 Å². The van der Waals surface area contributed by atoms with Gasteiger partial charge in [-0.15, -0.1) is 0 Å². The molecule has 0 saturated carbocycles. The highest BCUT2D eigenvalue weighted by Gasteiger charge is 2.35. The lowest BCUT2D eigenvalue weighted by molar-refractivity contribution is -0.119. The lowest BCUT2D eigenvalue weighted by Crippen LogP contribution is -2.45. The van der Waals surface area contributed by atoms with E-state index in [1.165, 1.54) is 11.1 Å². The molecule has 2 aromatic carbocycles. The van der Waals surface area contributed by atoms with Gasteiger partial charge in [0, 0.05) is 30.7 Å². The Balaban J connectivity index is 1.73. The van der Waals surface area contributed by atoms with Crippen molar-refractivity contribution in [3.8, 4) is 5.75 Å². The first kappa shape index (κ1) is 19.9. The van der Waals surface area contributed by atoms with Crippen LogP contribution < -0.4 is 15.8 Å². The number of nitrogens with two attached hydrogens (primary N) is 1. The minimum absolute atomic E-state index is 0.140. The van der Waals surface area contributed by atoms with Crippen LogP contribution in [0.2, 0.25) is 0 Å². The number of ether oxygens (including phenoxy) is 2. The zero-order chi connectivity index (χ0) is 20.0. The Labute approximate surface area is 165 Å². The predicted molar refractivity (Wildman–Crippen MR) is 106 cm³/mol. The third-order valence-corrected chi connectivity index (χ3v) is 5.23. The van der Waals surface area contributed by atoms with Crippen molar-refractivity contribution in [3.63, 3.8) is 0 Å². The van der Waals surface area contributed by atoms with E-state index in [1.807, 2.05) is 12.1 Å². The van der Waals surface area contributed by atoms with Crippen LogP contribution in [0.25, 0.3) is 0 Å². The molecule has 1 fully saturated rings. The van der Waals surface area contributed by atoms with Crippen molar-refractivity contribution < 1.29 is 19.1 Å². The van der Waals surface area contributed by atoms with E-state index in [0.717, 1.165) is 12.8 Å². The standard InChI is InChI=1S/C22H26N2O4/c1-16-5-2-3-8-19(16)22(9-11-27-12-10-22)15-24-21(26)17-6-4-7-18(13-17)28-14-20(23)25/h2-8,13H,9-12,14-15H2,1H3,(H2,23,25)(H,24,26). The Bertz CT molecular complexity index is 844. The van der Waals surface area contributed by atoms with Gasteiger partial charge in [-0.3, -0.25) is 9.59 Å². The smallest absolute Gasteiger partial charge is 0.255 e. The van der Waals surface area contributed by atoms with E-state index in [-0.39, 0.29) is 17.9 Å². The van der Waals surface area contributed by atoms with E-state index in [1.54, 1.807) is 24.3 Å². The summed E-state index contributed by atoms with van der Waals surface area (Å²) >= 11 is 0. The predicted octanol–water partition coefficient (Wildman–Crippen LogP) is 2.34. The number of rotatable bonds is 7. The highest BCUT2D eigenvalue weighted by atomic mass is 16.5. The van der Waals surface area contributed by atoms with E-state index in [2.05, 4.69) is 24.4 Å². The van der Waals surface area contributed by atoms with Crippen LogP contribution in [0.5, 0.6) is 5.75 Å².